The fourth-order valence-electron chi connectivity index (χ4n) is 1.80. The van der Waals surface area contributed by atoms with Crippen LogP contribution in [0.1, 0.15) is 12.0 Å². The van der Waals surface area contributed by atoms with E-state index in [1.165, 1.54) is 16.7 Å². The molecule has 0 aliphatic carbocycles. The van der Waals surface area contributed by atoms with Crippen LogP contribution in [0.2, 0.25) is 0 Å². The first kappa shape index (κ1) is 10.3. The predicted molar refractivity (Wildman–Crippen MR) is 65.9 cm³/mol. The molecule has 5 heteroatoms. The third-order valence-corrected chi connectivity index (χ3v) is 3.38. The summed E-state index contributed by atoms with van der Waals surface area (Å²) in [5.74, 6) is -0.573. The Morgan fingerprint density at radius 3 is 2.71 bits per heavy atom. The molecule has 2 aliphatic heterocycles. The predicted octanol–water partition coefficient (Wildman–Crippen LogP) is 1.85. The van der Waals surface area contributed by atoms with Crippen molar-refractivity contribution in [1.29, 1.82) is 0 Å². The number of amides is 2. The van der Waals surface area contributed by atoms with Gasteiger partial charge >= 0.3 is 0 Å². The van der Waals surface area contributed by atoms with Gasteiger partial charge in [0.15, 0.2) is 5.17 Å². The van der Waals surface area contributed by atoms with Crippen LogP contribution in [-0.2, 0) is 9.59 Å². The number of carbonyl (C=O) groups is 2. The van der Waals surface area contributed by atoms with E-state index >= 15 is 0 Å². The lowest BCUT2D eigenvalue weighted by molar-refractivity contribution is -0.131. The van der Waals surface area contributed by atoms with Crippen molar-refractivity contribution in [2.75, 3.05) is 0 Å². The molecule has 1 aromatic carbocycles. The van der Waals surface area contributed by atoms with Gasteiger partial charge in [0.25, 0.3) is 5.91 Å². The number of fused-ring (bicyclic) bond motifs is 1. The average Bonchev–Trinajstić information content (AvgIpc) is 2.74. The molecule has 0 saturated heterocycles. The fourth-order valence-corrected chi connectivity index (χ4v) is 2.71. The van der Waals surface area contributed by atoms with Crippen molar-refractivity contribution in [2.45, 2.75) is 6.42 Å². The van der Waals surface area contributed by atoms with Gasteiger partial charge in [0.2, 0.25) is 5.91 Å². The Kier molecular flexibility index (Phi) is 2.33. The molecule has 1 aromatic rings. The summed E-state index contributed by atoms with van der Waals surface area (Å²) in [6.45, 7) is 0. The molecule has 0 aromatic heterocycles. The molecule has 2 heterocycles. The van der Waals surface area contributed by atoms with Gasteiger partial charge in [0.05, 0.1) is 5.70 Å². The highest BCUT2D eigenvalue weighted by Crippen LogP contribution is 2.35. The summed E-state index contributed by atoms with van der Waals surface area (Å²) in [4.78, 5) is 28.4. The van der Waals surface area contributed by atoms with Crippen LogP contribution in [0.5, 0.6) is 0 Å². The van der Waals surface area contributed by atoms with E-state index in [4.69, 9.17) is 0 Å². The Labute approximate surface area is 102 Å². The minimum Gasteiger partial charge on any atom is -0.273 e. The second-order valence-electron chi connectivity index (χ2n) is 3.68. The van der Waals surface area contributed by atoms with Crippen molar-refractivity contribution >= 4 is 34.4 Å². The van der Waals surface area contributed by atoms with E-state index in [1.54, 1.807) is 0 Å². The highest BCUT2D eigenvalue weighted by atomic mass is 32.2. The van der Waals surface area contributed by atoms with Crippen LogP contribution in [0.3, 0.4) is 0 Å². The van der Waals surface area contributed by atoms with Crippen LogP contribution < -0.4 is 0 Å². The number of hydrogen-bond donors (Lipinski definition) is 0. The van der Waals surface area contributed by atoms with Crippen molar-refractivity contribution in [3.8, 4) is 0 Å². The van der Waals surface area contributed by atoms with Gasteiger partial charge in [-0.25, -0.2) is 0 Å². The summed E-state index contributed by atoms with van der Waals surface area (Å²) in [7, 11) is 0. The fraction of sp³-hybridized carbons (Fsp3) is 0.0833. The van der Waals surface area contributed by atoms with Crippen molar-refractivity contribution in [2.24, 2.45) is 4.99 Å². The third kappa shape index (κ3) is 1.68. The Morgan fingerprint density at radius 2 is 1.94 bits per heavy atom. The van der Waals surface area contributed by atoms with E-state index in [0.29, 0.717) is 5.17 Å². The normalized spacial score (nSPS) is 18.9. The standard InChI is InChI=1S/C12H8N2O2S/c15-10-6-11(16)14-9(7-17-12(14)13-10)8-4-2-1-3-5-8/h1-5,7H,6H2. The van der Waals surface area contributed by atoms with Crippen LogP contribution in [-0.4, -0.2) is 21.9 Å². The lowest BCUT2D eigenvalue weighted by Crippen LogP contribution is -2.36. The SMILES string of the molecule is O=C1CC(=O)N2C(c3ccccc3)=CSC2=N1. The molecule has 17 heavy (non-hydrogen) atoms. The zero-order valence-electron chi connectivity index (χ0n) is 8.79. The molecule has 0 spiro atoms. The van der Waals surface area contributed by atoms with E-state index in [2.05, 4.69) is 4.99 Å². The van der Waals surface area contributed by atoms with Gasteiger partial charge in [0, 0.05) is 5.41 Å². The topological polar surface area (TPSA) is 49.7 Å². The smallest absolute Gasteiger partial charge is 0.257 e. The van der Waals surface area contributed by atoms with Gasteiger partial charge in [-0.3, -0.25) is 14.5 Å². The summed E-state index contributed by atoms with van der Waals surface area (Å²) in [6, 6.07) is 9.60. The molecule has 0 atom stereocenters. The van der Waals surface area contributed by atoms with Crippen molar-refractivity contribution < 1.29 is 9.59 Å². The Morgan fingerprint density at radius 1 is 1.18 bits per heavy atom. The zero-order valence-corrected chi connectivity index (χ0v) is 9.61. The number of benzene rings is 1. The van der Waals surface area contributed by atoms with Crippen LogP contribution in [0, 0.1) is 0 Å². The molecule has 2 aliphatic rings. The molecule has 0 unspecified atom stereocenters. The van der Waals surface area contributed by atoms with E-state index in [-0.39, 0.29) is 18.2 Å². The van der Waals surface area contributed by atoms with Gasteiger partial charge in [0.1, 0.15) is 6.42 Å². The minimum atomic E-state index is -0.364. The minimum absolute atomic E-state index is 0.145. The second kappa shape index (κ2) is 3.85. The van der Waals surface area contributed by atoms with Gasteiger partial charge < -0.3 is 0 Å². The highest BCUT2D eigenvalue weighted by Gasteiger charge is 2.34. The Bertz CT molecular complexity index is 563. The quantitative estimate of drug-likeness (QED) is 0.708. The lowest BCUT2D eigenvalue weighted by atomic mass is 10.1. The summed E-state index contributed by atoms with van der Waals surface area (Å²) in [5, 5.41) is 2.31. The average molecular weight is 244 g/mol. The largest absolute Gasteiger partial charge is 0.273 e. The van der Waals surface area contributed by atoms with E-state index < -0.39 is 0 Å². The molecule has 84 valence electrons. The van der Waals surface area contributed by atoms with Crippen molar-refractivity contribution in [3.05, 3.63) is 41.3 Å². The van der Waals surface area contributed by atoms with E-state index in [9.17, 15) is 9.59 Å². The van der Waals surface area contributed by atoms with Crippen LogP contribution in [0.25, 0.3) is 5.70 Å². The molecule has 4 nitrogen and oxygen atoms in total. The van der Waals surface area contributed by atoms with Crippen molar-refractivity contribution in [3.63, 3.8) is 0 Å². The van der Waals surface area contributed by atoms with E-state index in [1.807, 2.05) is 35.7 Å². The maximum atomic E-state index is 11.8. The van der Waals surface area contributed by atoms with Crippen molar-refractivity contribution in [1.82, 2.24) is 4.90 Å². The second-order valence-corrected chi connectivity index (χ2v) is 4.52. The van der Waals surface area contributed by atoms with Crippen LogP contribution in [0.4, 0.5) is 0 Å². The first-order chi connectivity index (χ1) is 8.25. The first-order valence-corrected chi connectivity index (χ1v) is 6.00. The molecule has 0 radical (unpaired) electrons. The van der Waals surface area contributed by atoms with Crippen LogP contribution >= 0.6 is 11.8 Å². The zero-order chi connectivity index (χ0) is 11.8. The number of rotatable bonds is 1. The molecular weight excluding hydrogens is 236 g/mol. The number of amidine groups is 1. The third-order valence-electron chi connectivity index (χ3n) is 2.55. The monoisotopic (exact) mass is 244 g/mol. The molecule has 0 fully saturated rings. The Balaban J connectivity index is 2.03. The molecular formula is C12H8N2O2S. The maximum absolute atomic E-state index is 11.8. The molecule has 0 bridgehead atoms. The number of thioether (sulfide) groups is 1. The lowest BCUT2D eigenvalue weighted by Gasteiger charge is -2.22. The van der Waals surface area contributed by atoms with Gasteiger partial charge in [-0.2, -0.15) is 4.99 Å². The number of aliphatic imine (C=N–C) groups is 1. The van der Waals surface area contributed by atoms with Gasteiger partial charge in [-0.15, -0.1) is 0 Å². The van der Waals surface area contributed by atoms with E-state index in [0.717, 1.165) is 11.3 Å². The summed E-state index contributed by atoms with van der Waals surface area (Å²) in [5.41, 5.74) is 1.75. The van der Waals surface area contributed by atoms with Gasteiger partial charge in [-0.1, -0.05) is 42.1 Å². The maximum Gasteiger partial charge on any atom is 0.257 e. The molecule has 0 saturated carbocycles. The summed E-state index contributed by atoms with van der Waals surface area (Å²) >= 11 is 1.31. The van der Waals surface area contributed by atoms with Crippen LogP contribution in [0.15, 0.2) is 40.7 Å². The summed E-state index contributed by atoms with van der Waals surface area (Å²) in [6.07, 6.45) is -0.145. The number of hydrogen-bond acceptors (Lipinski definition) is 3. The first-order valence-electron chi connectivity index (χ1n) is 5.12. The summed E-state index contributed by atoms with van der Waals surface area (Å²) < 4.78 is 0. The van der Waals surface area contributed by atoms with Gasteiger partial charge in [-0.05, 0) is 5.56 Å². The number of nitrogens with zero attached hydrogens (tertiary/aromatic N) is 2. The highest BCUT2D eigenvalue weighted by molar-refractivity contribution is 8.17. The Hall–Kier alpha value is -1.88. The molecule has 3 rings (SSSR count). The molecule has 2 amide bonds. The molecule has 0 N–H and O–H groups in total. The number of carbonyl (C=O) groups excluding carboxylic acids is 2.